The van der Waals surface area contributed by atoms with E-state index in [0.717, 1.165) is 110 Å². The monoisotopic (exact) mass is 687 g/mol. The highest BCUT2D eigenvalue weighted by Crippen LogP contribution is 2.33. The van der Waals surface area contributed by atoms with Crippen LogP contribution in [0.2, 0.25) is 0 Å². The lowest BCUT2D eigenvalue weighted by Gasteiger charge is -2.10. The van der Waals surface area contributed by atoms with Crippen molar-refractivity contribution in [3.8, 4) is 44.9 Å². The van der Waals surface area contributed by atoms with Gasteiger partial charge >= 0.3 is 0 Å². The molecule has 0 unspecified atom stereocenters. The van der Waals surface area contributed by atoms with Gasteiger partial charge in [-0.2, -0.15) is 0 Å². The van der Waals surface area contributed by atoms with E-state index in [1.165, 1.54) is 0 Å². The van der Waals surface area contributed by atoms with Crippen molar-refractivity contribution in [3.63, 3.8) is 0 Å². The van der Waals surface area contributed by atoms with E-state index in [2.05, 4.69) is 156 Å². The molecule has 0 radical (unpaired) electrons. The van der Waals surface area contributed by atoms with Gasteiger partial charge in [-0.05, 0) is 94.0 Å². The van der Waals surface area contributed by atoms with Crippen LogP contribution in [0.25, 0.3) is 110 Å². The second kappa shape index (κ2) is 12.1. The minimum absolute atomic E-state index is 0.926. The number of rotatable bonds is 4. The van der Waals surface area contributed by atoms with E-state index in [0.29, 0.717) is 0 Å². The van der Waals surface area contributed by atoms with Crippen molar-refractivity contribution in [1.82, 2.24) is 24.9 Å². The summed E-state index contributed by atoms with van der Waals surface area (Å²) in [5.74, 6) is 0. The summed E-state index contributed by atoms with van der Waals surface area (Å²) in [6, 6.07) is 55.5. The van der Waals surface area contributed by atoms with Gasteiger partial charge in [0.05, 0.1) is 39.1 Å². The van der Waals surface area contributed by atoms with E-state index >= 15 is 0 Å². The molecule has 11 rings (SSSR count). The highest BCUT2D eigenvalue weighted by Gasteiger charge is 2.11. The molecule has 0 saturated heterocycles. The molecule has 0 atom stereocenters. The molecule has 0 N–H and O–H groups in total. The standard InChI is InChI=1S/C49H29N5/c1-3-30-22-24-50-29-42(30)41(5-1)47-21-16-40-28-36(14-19-45(40)53-47)35-13-18-43-39(27-35)15-20-44(52-43)37-10-8-34-26-38(11-9-33(34)25-37)46-17-12-32-7-6-31-4-2-23-51-48(31)49(32)54-46/h1-29H. The lowest BCUT2D eigenvalue weighted by Crippen LogP contribution is -1.90. The second-order valence-electron chi connectivity index (χ2n) is 13.8. The van der Waals surface area contributed by atoms with Crippen LogP contribution in [0.1, 0.15) is 0 Å². The fraction of sp³-hybridized carbons (Fsp3) is 0. The van der Waals surface area contributed by atoms with Crippen molar-refractivity contribution in [3.05, 3.63) is 176 Å². The maximum Gasteiger partial charge on any atom is 0.0972 e. The first kappa shape index (κ1) is 30.3. The van der Waals surface area contributed by atoms with Gasteiger partial charge in [0.1, 0.15) is 0 Å². The third kappa shape index (κ3) is 5.13. The molecular weight excluding hydrogens is 659 g/mol. The zero-order chi connectivity index (χ0) is 35.6. The molecule has 0 fully saturated rings. The topological polar surface area (TPSA) is 64.5 Å². The normalized spacial score (nSPS) is 11.7. The smallest absolute Gasteiger partial charge is 0.0972 e. The second-order valence-corrected chi connectivity index (χ2v) is 13.8. The van der Waals surface area contributed by atoms with Crippen LogP contribution in [-0.4, -0.2) is 24.9 Å². The molecular formula is C49H29N5. The minimum atomic E-state index is 0.926. The Morgan fingerprint density at radius 2 is 0.889 bits per heavy atom. The van der Waals surface area contributed by atoms with Crippen molar-refractivity contribution in [2.75, 3.05) is 0 Å². The average molecular weight is 688 g/mol. The van der Waals surface area contributed by atoms with E-state index in [-0.39, 0.29) is 0 Å². The van der Waals surface area contributed by atoms with Gasteiger partial charge < -0.3 is 0 Å². The average Bonchev–Trinajstić information content (AvgIpc) is 3.25. The molecule has 6 aromatic carbocycles. The van der Waals surface area contributed by atoms with Crippen LogP contribution < -0.4 is 0 Å². The molecule has 0 aliphatic heterocycles. The number of pyridine rings is 5. The van der Waals surface area contributed by atoms with E-state index < -0.39 is 0 Å². The summed E-state index contributed by atoms with van der Waals surface area (Å²) < 4.78 is 0. The highest BCUT2D eigenvalue weighted by atomic mass is 14.8. The van der Waals surface area contributed by atoms with Gasteiger partial charge in [-0.15, -0.1) is 0 Å². The summed E-state index contributed by atoms with van der Waals surface area (Å²) in [6.45, 7) is 0. The Labute approximate surface area is 310 Å². The molecule has 0 bridgehead atoms. The van der Waals surface area contributed by atoms with Crippen LogP contribution in [0.15, 0.2) is 176 Å². The Hall–Kier alpha value is -7.37. The first-order chi connectivity index (χ1) is 26.7. The summed E-state index contributed by atoms with van der Waals surface area (Å²) in [7, 11) is 0. The molecule has 250 valence electrons. The lowest BCUT2D eigenvalue weighted by molar-refractivity contribution is 1.35. The number of benzene rings is 6. The van der Waals surface area contributed by atoms with Gasteiger partial charge in [0.2, 0.25) is 0 Å². The molecule has 54 heavy (non-hydrogen) atoms. The fourth-order valence-corrected chi connectivity index (χ4v) is 7.71. The molecule has 0 spiro atoms. The first-order valence-corrected chi connectivity index (χ1v) is 18.0. The van der Waals surface area contributed by atoms with Crippen LogP contribution >= 0.6 is 0 Å². The van der Waals surface area contributed by atoms with E-state index in [1.54, 1.807) is 0 Å². The maximum absolute atomic E-state index is 5.09. The molecule has 0 aliphatic rings. The van der Waals surface area contributed by atoms with Crippen molar-refractivity contribution < 1.29 is 0 Å². The van der Waals surface area contributed by atoms with Gasteiger partial charge in [0.15, 0.2) is 0 Å². The number of hydrogen-bond donors (Lipinski definition) is 0. The Bertz CT molecular complexity index is 3290. The molecule has 0 saturated carbocycles. The molecule has 11 aromatic rings. The Morgan fingerprint density at radius 1 is 0.333 bits per heavy atom. The van der Waals surface area contributed by atoms with Crippen molar-refractivity contribution in [1.29, 1.82) is 0 Å². The zero-order valence-electron chi connectivity index (χ0n) is 29.0. The third-order valence-corrected chi connectivity index (χ3v) is 10.5. The Balaban J connectivity index is 0.875. The summed E-state index contributed by atoms with van der Waals surface area (Å²) in [4.78, 5) is 24.1. The highest BCUT2D eigenvalue weighted by molar-refractivity contribution is 6.04. The molecule has 0 aliphatic carbocycles. The lowest BCUT2D eigenvalue weighted by atomic mass is 9.99. The number of nitrogens with zero attached hydrogens (tertiary/aromatic N) is 5. The maximum atomic E-state index is 5.09. The van der Waals surface area contributed by atoms with E-state index in [1.807, 2.05) is 30.7 Å². The van der Waals surface area contributed by atoms with Crippen LogP contribution in [0.4, 0.5) is 0 Å². The molecule has 5 heterocycles. The molecule has 5 heteroatoms. The summed E-state index contributed by atoms with van der Waals surface area (Å²) in [5, 5.41) is 8.97. The zero-order valence-corrected chi connectivity index (χ0v) is 29.0. The molecule has 5 nitrogen and oxygen atoms in total. The predicted molar refractivity (Wildman–Crippen MR) is 222 cm³/mol. The largest absolute Gasteiger partial charge is 0.264 e. The summed E-state index contributed by atoms with van der Waals surface area (Å²) >= 11 is 0. The predicted octanol–water partition coefficient (Wildman–Crippen LogP) is 12.2. The summed E-state index contributed by atoms with van der Waals surface area (Å²) in [5.41, 5.74) is 12.2. The summed E-state index contributed by atoms with van der Waals surface area (Å²) in [6.07, 6.45) is 5.57. The van der Waals surface area contributed by atoms with Gasteiger partial charge in [0.25, 0.3) is 0 Å². The SMILES string of the molecule is c1cc(-c2ccc3cc(-c4ccc5nc(-c6ccc7cc(-c8ccc9ccc%10cccnc%10c9n8)ccc7c6)ccc5c4)ccc3n2)c2cnccc2c1. The number of fused-ring (bicyclic) bond motifs is 7. The van der Waals surface area contributed by atoms with E-state index in [4.69, 9.17) is 15.0 Å². The van der Waals surface area contributed by atoms with Crippen LogP contribution in [-0.2, 0) is 0 Å². The third-order valence-electron chi connectivity index (χ3n) is 10.5. The molecule has 5 aromatic heterocycles. The van der Waals surface area contributed by atoms with Crippen molar-refractivity contribution >= 4 is 65.2 Å². The van der Waals surface area contributed by atoms with Gasteiger partial charge in [0, 0.05) is 62.2 Å². The van der Waals surface area contributed by atoms with Gasteiger partial charge in [-0.3, -0.25) is 9.97 Å². The van der Waals surface area contributed by atoms with Gasteiger partial charge in [-0.25, -0.2) is 15.0 Å². The van der Waals surface area contributed by atoms with Gasteiger partial charge in [-0.1, -0.05) is 91.0 Å². The van der Waals surface area contributed by atoms with Crippen LogP contribution in [0.5, 0.6) is 0 Å². The Morgan fingerprint density at radius 3 is 1.63 bits per heavy atom. The van der Waals surface area contributed by atoms with Crippen LogP contribution in [0, 0.1) is 0 Å². The number of aromatic nitrogens is 5. The molecule has 0 amide bonds. The first-order valence-electron chi connectivity index (χ1n) is 18.0. The van der Waals surface area contributed by atoms with Crippen molar-refractivity contribution in [2.45, 2.75) is 0 Å². The van der Waals surface area contributed by atoms with Crippen molar-refractivity contribution in [2.24, 2.45) is 0 Å². The fourth-order valence-electron chi connectivity index (χ4n) is 7.71. The van der Waals surface area contributed by atoms with E-state index in [9.17, 15) is 0 Å². The number of hydrogen-bond acceptors (Lipinski definition) is 5. The van der Waals surface area contributed by atoms with Crippen LogP contribution in [0.3, 0.4) is 0 Å². The quantitative estimate of drug-likeness (QED) is 0.172. The minimum Gasteiger partial charge on any atom is -0.264 e. The Kier molecular flexibility index (Phi) is 6.79.